The first-order valence-electron chi connectivity index (χ1n) is 5.03. The van der Waals surface area contributed by atoms with Crippen LogP contribution < -0.4 is 0 Å². The molecule has 1 unspecified atom stereocenters. The number of rotatable bonds is 2. The van der Waals surface area contributed by atoms with E-state index in [-0.39, 0.29) is 0 Å². The Bertz CT molecular complexity index is 347. The van der Waals surface area contributed by atoms with E-state index >= 15 is 0 Å². The molecule has 1 aliphatic heterocycles. The van der Waals surface area contributed by atoms with Crippen LogP contribution in [0.3, 0.4) is 0 Å². The van der Waals surface area contributed by atoms with Gasteiger partial charge in [0.15, 0.2) is 0 Å². The lowest BCUT2D eigenvalue weighted by molar-refractivity contribution is -0.140. The molecule has 3 nitrogen and oxygen atoms in total. The van der Waals surface area contributed by atoms with Gasteiger partial charge in [-0.25, -0.2) is 0 Å². The smallest absolute Gasteiger partial charge is 0.324 e. The summed E-state index contributed by atoms with van der Waals surface area (Å²) in [5.41, 5.74) is 0.821. The minimum absolute atomic E-state index is 0.707. The minimum Gasteiger partial charge on any atom is -0.480 e. The summed E-state index contributed by atoms with van der Waals surface area (Å²) >= 11 is 1.53. The molecule has 1 aromatic rings. The molecule has 1 fully saturated rings. The normalized spacial score (nSPS) is 26.1. The first-order valence-corrected chi connectivity index (χ1v) is 6.02. The van der Waals surface area contributed by atoms with Crippen LogP contribution in [0.25, 0.3) is 0 Å². The van der Waals surface area contributed by atoms with Crippen LogP contribution in [0.2, 0.25) is 0 Å². The molecule has 1 N–H and O–H groups in total. The number of carboxylic acids is 1. The highest BCUT2D eigenvalue weighted by Crippen LogP contribution is 2.44. The van der Waals surface area contributed by atoms with Gasteiger partial charge in [0.1, 0.15) is 4.75 Å². The van der Waals surface area contributed by atoms with E-state index in [2.05, 4.69) is 4.98 Å². The van der Waals surface area contributed by atoms with Crippen molar-refractivity contribution in [3.8, 4) is 0 Å². The Kier molecular flexibility index (Phi) is 2.95. The summed E-state index contributed by atoms with van der Waals surface area (Å²) in [6.07, 6.45) is 6.14. The monoisotopic (exact) mass is 223 g/mol. The fourth-order valence-corrected chi connectivity index (χ4v) is 3.31. The number of pyridine rings is 1. The van der Waals surface area contributed by atoms with Crippen LogP contribution in [0.5, 0.6) is 0 Å². The third-order valence-corrected chi connectivity index (χ3v) is 4.35. The predicted octanol–water partition coefficient (Wildman–Crippen LogP) is 2.28. The Morgan fingerprint density at radius 2 is 2.40 bits per heavy atom. The Morgan fingerprint density at radius 3 is 2.93 bits per heavy atom. The van der Waals surface area contributed by atoms with Crippen LogP contribution in [0.4, 0.5) is 0 Å². The number of nitrogens with zero attached hydrogens (tertiary/aromatic N) is 1. The number of hydrogen-bond donors (Lipinski definition) is 1. The molecule has 4 heteroatoms. The molecule has 0 bridgehead atoms. The molecule has 2 rings (SSSR count). The Morgan fingerprint density at radius 1 is 1.53 bits per heavy atom. The van der Waals surface area contributed by atoms with Crippen molar-refractivity contribution in [2.45, 2.75) is 24.0 Å². The molecular formula is C11H13NO2S. The molecule has 1 atom stereocenters. The molecule has 15 heavy (non-hydrogen) atoms. The van der Waals surface area contributed by atoms with E-state index < -0.39 is 10.7 Å². The van der Waals surface area contributed by atoms with Crippen molar-refractivity contribution in [1.82, 2.24) is 4.98 Å². The zero-order valence-electron chi connectivity index (χ0n) is 8.35. The summed E-state index contributed by atoms with van der Waals surface area (Å²) in [5.74, 6) is 0.182. The minimum atomic E-state index is -0.757. The molecule has 0 aliphatic carbocycles. The number of carbonyl (C=O) groups is 1. The summed E-state index contributed by atoms with van der Waals surface area (Å²) in [4.78, 5) is 15.4. The maximum atomic E-state index is 11.4. The number of carboxylic acid groups (broad SMARTS) is 1. The maximum absolute atomic E-state index is 11.4. The zero-order chi connectivity index (χ0) is 10.7. The summed E-state index contributed by atoms with van der Waals surface area (Å²) in [6, 6.07) is 3.66. The average Bonchev–Trinajstić information content (AvgIpc) is 2.31. The van der Waals surface area contributed by atoms with Gasteiger partial charge in [-0.2, -0.15) is 0 Å². The quantitative estimate of drug-likeness (QED) is 0.835. The number of aliphatic carboxylic acids is 1. The standard InChI is InChI=1S/C11H13NO2S/c13-10(14)11(5-1-2-7-15-11)9-4-3-6-12-8-9/h3-4,6,8H,1-2,5,7H2,(H,13,14). The van der Waals surface area contributed by atoms with Crippen molar-refractivity contribution in [2.75, 3.05) is 5.75 Å². The van der Waals surface area contributed by atoms with Gasteiger partial charge in [0.05, 0.1) is 0 Å². The summed E-state index contributed by atoms with van der Waals surface area (Å²) in [5, 5.41) is 9.39. The molecule has 0 saturated carbocycles. The van der Waals surface area contributed by atoms with E-state index in [4.69, 9.17) is 0 Å². The van der Waals surface area contributed by atoms with Crippen molar-refractivity contribution in [3.05, 3.63) is 30.1 Å². The Hall–Kier alpha value is -1.03. The molecule has 2 heterocycles. The Labute approximate surface area is 92.9 Å². The predicted molar refractivity (Wildman–Crippen MR) is 59.9 cm³/mol. The van der Waals surface area contributed by atoms with Gasteiger partial charge < -0.3 is 5.11 Å². The van der Waals surface area contributed by atoms with Crippen LogP contribution >= 0.6 is 11.8 Å². The second kappa shape index (κ2) is 4.23. The first kappa shape index (κ1) is 10.5. The van der Waals surface area contributed by atoms with Crippen molar-refractivity contribution in [3.63, 3.8) is 0 Å². The third kappa shape index (κ3) is 1.86. The molecule has 1 saturated heterocycles. The fraction of sp³-hybridized carbons (Fsp3) is 0.455. The molecule has 0 spiro atoms. The summed E-state index contributed by atoms with van der Waals surface area (Å²) < 4.78 is -0.757. The number of thioether (sulfide) groups is 1. The topological polar surface area (TPSA) is 50.2 Å². The molecule has 1 aromatic heterocycles. The zero-order valence-corrected chi connectivity index (χ0v) is 9.17. The highest BCUT2D eigenvalue weighted by molar-refractivity contribution is 8.01. The van der Waals surface area contributed by atoms with Gasteiger partial charge in [0.2, 0.25) is 0 Å². The molecule has 1 aliphatic rings. The first-order chi connectivity index (χ1) is 7.26. The van der Waals surface area contributed by atoms with Gasteiger partial charge >= 0.3 is 5.97 Å². The molecule has 80 valence electrons. The largest absolute Gasteiger partial charge is 0.480 e. The summed E-state index contributed by atoms with van der Waals surface area (Å²) in [7, 11) is 0. The third-order valence-electron chi connectivity index (χ3n) is 2.74. The van der Waals surface area contributed by atoms with E-state index in [1.54, 1.807) is 18.5 Å². The maximum Gasteiger partial charge on any atom is 0.324 e. The van der Waals surface area contributed by atoms with E-state index in [1.165, 1.54) is 11.8 Å². The van der Waals surface area contributed by atoms with Crippen LogP contribution in [0, 0.1) is 0 Å². The van der Waals surface area contributed by atoms with E-state index in [1.807, 2.05) is 6.07 Å². The SMILES string of the molecule is O=C(O)C1(c2cccnc2)CCCCS1. The van der Waals surface area contributed by atoms with Gasteiger partial charge in [-0.3, -0.25) is 9.78 Å². The van der Waals surface area contributed by atoms with Crippen LogP contribution in [0.15, 0.2) is 24.5 Å². The second-order valence-corrected chi connectivity index (χ2v) is 5.07. The van der Waals surface area contributed by atoms with Crippen LogP contribution in [0.1, 0.15) is 24.8 Å². The summed E-state index contributed by atoms with van der Waals surface area (Å²) in [6.45, 7) is 0. The lowest BCUT2D eigenvalue weighted by atomic mass is 9.93. The Balaban J connectivity index is 2.38. The van der Waals surface area contributed by atoms with Gasteiger partial charge in [-0.05, 0) is 30.2 Å². The van der Waals surface area contributed by atoms with Gasteiger partial charge in [0, 0.05) is 12.4 Å². The second-order valence-electron chi connectivity index (χ2n) is 3.68. The van der Waals surface area contributed by atoms with Crippen molar-refractivity contribution in [2.24, 2.45) is 0 Å². The van der Waals surface area contributed by atoms with E-state index in [9.17, 15) is 9.90 Å². The van der Waals surface area contributed by atoms with Crippen LogP contribution in [-0.2, 0) is 9.54 Å². The van der Waals surface area contributed by atoms with E-state index in [0.717, 1.165) is 24.2 Å². The van der Waals surface area contributed by atoms with Crippen molar-refractivity contribution in [1.29, 1.82) is 0 Å². The number of aromatic nitrogens is 1. The van der Waals surface area contributed by atoms with Gasteiger partial charge in [-0.1, -0.05) is 12.5 Å². The fourth-order valence-electron chi connectivity index (χ4n) is 1.92. The lowest BCUT2D eigenvalue weighted by Crippen LogP contribution is -2.35. The van der Waals surface area contributed by atoms with E-state index in [0.29, 0.717) is 6.42 Å². The highest BCUT2D eigenvalue weighted by atomic mass is 32.2. The molecular weight excluding hydrogens is 210 g/mol. The van der Waals surface area contributed by atoms with Crippen molar-refractivity contribution >= 4 is 17.7 Å². The molecule has 0 radical (unpaired) electrons. The van der Waals surface area contributed by atoms with Gasteiger partial charge in [0.25, 0.3) is 0 Å². The average molecular weight is 223 g/mol. The molecule has 0 aromatic carbocycles. The van der Waals surface area contributed by atoms with Crippen LogP contribution in [-0.4, -0.2) is 21.8 Å². The molecule has 0 amide bonds. The van der Waals surface area contributed by atoms with Crippen molar-refractivity contribution < 1.29 is 9.90 Å². The lowest BCUT2D eigenvalue weighted by Gasteiger charge is -2.32. The van der Waals surface area contributed by atoms with Gasteiger partial charge in [-0.15, -0.1) is 11.8 Å². The number of hydrogen-bond acceptors (Lipinski definition) is 3. The highest BCUT2D eigenvalue weighted by Gasteiger charge is 2.42.